The Hall–Kier alpha value is -4.05. The summed E-state index contributed by atoms with van der Waals surface area (Å²) < 4.78 is 6.59. The van der Waals surface area contributed by atoms with E-state index in [2.05, 4.69) is 41.0 Å². The number of aromatic hydroxyl groups is 1. The van der Waals surface area contributed by atoms with Crippen molar-refractivity contribution in [1.82, 2.24) is 9.80 Å². The van der Waals surface area contributed by atoms with E-state index in [1.807, 2.05) is 56.3 Å². The Morgan fingerprint density at radius 2 is 1.93 bits per heavy atom. The van der Waals surface area contributed by atoms with E-state index in [1.165, 1.54) is 11.1 Å². The lowest BCUT2D eigenvalue weighted by Crippen LogP contribution is -2.76. The molecule has 2 aliphatic heterocycles. The first-order valence-electron chi connectivity index (χ1n) is 14.8. The van der Waals surface area contributed by atoms with E-state index < -0.39 is 23.2 Å². The second-order valence-corrected chi connectivity index (χ2v) is 12.3. The van der Waals surface area contributed by atoms with Crippen molar-refractivity contribution in [1.29, 1.82) is 0 Å². The summed E-state index contributed by atoms with van der Waals surface area (Å²) in [4.78, 5) is 17.5. The predicted octanol–water partition coefficient (Wildman–Crippen LogP) is 4.06. The van der Waals surface area contributed by atoms with Gasteiger partial charge >= 0.3 is 0 Å². The van der Waals surface area contributed by atoms with E-state index in [9.17, 15) is 15.0 Å². The molecule has 2 aliphatic carbocycles. The first-order chi connectivity index (χ1) is 20.2. The van der Waals surface area contributed by atoms with Crippen molar-refractivity contribution in [2.45, 2.75) is 62.3 Å². The van der Waals surface area contributed by atoms with Crippen molar-refractivity contribution in [2.75, 3.05) is 20.1 Å². The van der Waals surface area contributed by atoms with E-state index in [0.717, 1.165) is 41.8 Å². The molecule has 1 amide bonds. The summed E-state index contributed by atoms with van der Waals surface area (Å²) in [6.45, 7) is 5.71. The highest BCUT2D eigenvalue weighted by atomic mass is 16.5. The van der Waals surface area contributed by atoms with Gasteiger partial charge in [0.15, 0.2) is 11.5 Å². The maximum Gasteiger partial charge on any atom is 0.299 e. The molecule has 0 unspecified atom stereocenters. The van der Waals surface area contributed by atoms with Crippen molar-refractivity contribution in [3.8, 4) is 23.3 Å². The fraction of sp³-hybridized carbons (Fsp3) is 0.361. The predicted molar refractivity (Wildman–Crippen MR) is 161 cm³/mol. The highest BCUT2D eigenvalue weighted by Gasteiger charge is 2.72. The van der Waals surface area contributed by atoms with E-state index in [-0.39, 0.29) is 17.7 Å². The van der Waals surface area contributed by atoms with Crippen LogP contribution in [0.4, 0.5) is 0 Å². The second-order valence-electron chi connectivity index (χ2n) is 12.3. The number of piperidine rings is 1. The van der Waals surface area contributed by atoms with Crippen LogP contribution in [0.3, 0.4) is 0 Å². The number of likely N-dealkylation sites (tertiary alicyclic amines) is 1. The van der Waals surface area contributed by atoms with Gasteiger partial charge in [-0.3, -0.25) is 9.69 Å². The maximum absolute atomic E-state index is 13.4. The Labute approximate surface area is 247 Å². The van der Waals surface area contributed by atoms with Crippen molar-refractivity contribution >= 4 is 5.91 Å². The third-order valence-corrected chi connectivity index (χ3v) is 10.2. The van der Waals surface area contributed by atoms with Gasteiger partial charge in [-0.15, -0.1) is 0 Å². The molecule has 2 N–H and O–H groups in total. The first-order valence-corrected chi connectivity index (χ1v) is 14.8. The topological polar surface area (TPSA) is 73.2 Å². The minimum Gasteiger partial charge on any atom is -0.504 e. The number of phenolic OH excluding ortho intramolecular Hbond substituents is 1. The molecule has 3 aromatic carbocycles. The zero-order valence-corrected chi connectivity index (χ0v) is 24.3. The molecular formula is C36H36N2O4. The van der Waals surface area contributed by atoms with Gasteiger partial charge in [-0.25, -0.2) is 0 Å². The van der Waals surface area contributed by atoms with Gasteiger partial charge in [0.1, 0.15) is 11.7 Å². The molecule has 3 aromatic rings. The van der Waals surface area contributed by atoms with E-state index in [4.69, 9.17) is 4.74 Å². The number of aliphatic hydroxyl groups is 1. The number of likely N-dealkylation sites (N-methyl/N-ethyl adjacent to an activating group) is 1. The Balaban J connectivity index is 1.24. The van der Waals surface area contributed by atoms with Crippen LogP contribution in [-0.4, -0.2) is 69.8 Å². The number of benzene rings is 3. The Bertz CT molecular complexity index is 1670. The fourth-order valence-corrected chi connectivity index (χ4v) is 7.85. The number of aryl methyl sites for hydroxylation is 2. The molecule has 7 rings (SSSR count). The largest absolute Gasteiger partial charge is 0.504 e. The second kappa shape index (κ2) is 9.76. The number of nitrogens with zero attached hydrogens (tertiary/aromatic N) is 2. The summed E-state index contributed by atoms with van der Waals surface area (Å²) in [5, 5.41) is 23.6. The van der Waals surface area contributed by atoms with Crippen LogP contribution in [0, 0.1) is 25.7 Å². The van der Waals surface area contributed by atoms with Gasteiger partial charge in [-0.2, -0.15) is 0 Å². The minimum absolute atomic E-state index is 0.0760. The Morgan fingerprint density at radius 1 is 1.12 bits per heavy atom. The third-order valence-electron chi connectivity index (χ3n) is 10.2. The van der Waals surface area contributed by atoms with Crippen molar-refractivity contribution in [3.63, 3.8) is 0 Å². The van der Waals surface area contributed by atoms with Crippen LogP contribution in [0.1, 0.15) is 39.8 Å². The number of amides is 1. The summed E-state index contributed by atoms with van der Waals surface area (Å²) in [7, 11) is 1.75. The maximum atomic E-state index is 13.4. The zero-order chi connectivity index (χ0) is 29.2. The highest BCUT2D eigenvalue weighted by Crippen LogP contribution is 2.64. The van der Waals surface area contributed by atoms with Gasteiger partial charge in [-0.05, 0) is 80.1 Å². The third kappa shape index (κ3) is 3.84. The van der Waals surface area contributed by atoms with Crippen LogP contribution in [0.25, 0.3) is 0 Å². The van der Waals surface area contributed by atoms with Crippen LogP contribution < -0.4 is 4.74 Å². The van der Waals surface area contributed by atoms with Gasteiger partial charge in [0.05, 0.1) is 11.5 Å². The lowest BCUT2D eigenvalue weighted by Gasteiger charge is -2.62. The number of ether oxygens (including phenoxy) is 1. The molecule has 1 saturated heterocycles. The molecule has 2 heterocycles. The summed E-state index contributed by atoms with van der Waals surface area (Å²) in [5.41, 5.74) is 4.40. The molecule has 6 nitrogen and oxygen atoms in total. The average Bonchev–Trinajstić information content (AvgIpc) is 3.34. The number of carbonyl (C=O) groups excluding carboxylic acids is 1. The van der Waals surface area contributed by atoms with Crippen LogP contribution in [0.2, 0.25) is 0 Å². The molecule has 42 heavy (non-hydrogen) atoms. The number of hydrogen-bond acceptors (Lipinski definition) is 5. The molecule has 0 saturated carbocycles. The molecule has 6 heteroatoms. The molecule has 5 atom stereocenters. The molecular weight excluding hydrogens is 524 g/mol. The number of carbonyl (C=O) groups is 1. The summed E-state index contributed by atoms with van der Waals surface area (Å²) in [6, 6.07) is 19.4. The van der Waals surface area contributed by atoms with Gasteiger partial charge in [0.25, 0.3) is 5.91 Å². The monoisotopic (exact) mass is 560 g/mol. The SMILES string of the molecule is Cc1ccc(C#CC(=O)N(C)[C@H]2C=C[C@@]3(O)[C@H]4Cc5ccc(O)c6c5[C@@]3(CCN4CCc3ccccc3)[C@H]2O6)cc1C. The van der Waals surface area contributed by atoms with Crippen molar-refractivity contribution in [2.24, 2.45) is 0 Å². The first kappa shape index (κ1) is 26.8. The lowest BCUT2D eigenvalue weighted by molar-refractivity contribution is -0.153. The van der Waals surface area contributed by atoms with E-state index in [1.54, 1.807) is 18.0 Å². The zero-order valence-electron chi connectivity index (χ0n) is 24.3. The Kier molecular flexibility index (Phi) is 6.23. The molecule has 2 bridgehead atoms. The van der Waals surface area contributed by atoms with Gasteiger partial charge in [0.2, 0.25) is 0 Å². The average molecular weight is 561 g/mol. The van der Waals surface area contributed by atoms with Gasteiger partial charge in [-0.1, -0.05) is 60.5 Å². The van der Waals surface area contributed by atoms with Crippen molar-refractivity contribution in [3.05, 3.63) is 106 Å². The van der Waals surface area contributed by atoms with Crippen LogP contribution in [0.15, 0.2) is 72.8 Å². The standard InChI is InChI=1S/C36H36N2O4/c1-23-9-10-26(21-24(23)2)11-14-31(40)37(3)28-15-17-36(41)30-22-27-12-13-29(39)33-32(27)35(36,34(28)42-33)18-20-38(30)19-16-25-7-5-4-6-8-25/h4-10,12-13,15,17,21,28,30,34,39,41H,16,18-20,22H2,1-3H3/t28-,30+,34-,35-,36+/m0/s1. The summed E-state index contributed by atoms with van der Waals surface area (Å²) in [6.07, 6.45) is 5.50. The van der Waals surface area contributed by atoms with Crippen LogP contribution in [-0.2, 0) is 23.1 Å². The highest BCUT2D eigenvalue weighted by molar-refractivity contribution is 5.94. The number of phenols is 1. The van der Waals surface area contributed by atoms with Gasteiger partial charge < -0.3 is 19.8 Å². The summed E-state index contributed by atoms with van der Waals surface area (Å²) in [5.74, 6) is 6.05. The molecule has 4 aliphatic rings. The molecule has 0 radical (unpaired) electrons. The van der Waals surface area contributed by atoms with Gasteiger partial charge in [0, 0.05) is 36.7 Å². The van der Waals surface area contributed by atoms with Crippen LogP contribution >= 0.6 is 0 Å². The number of rotatable bonds is 4. The molecule has 1 spiro atoms. The van der Waals surface area contributed by atoms with E-state index >= 15 is 0 Å². The Morgan fingerprint density at radius 3 is 2.71 bits per heavy atom. The van der Waals surface area contributed by atoms with E-state index in [0.29, 0.717) is 18.6 Å². The minimum atomic E-state index is -1.20. The smallest absolute Gasteiger partial charge is 0.299 e. The van der Waals surface area contributed by atoms with Crippen molar-refractivity contribution < 1.29 is 19.7 Å². The quantitative estimate of drug-likeness (QED) is 0.372. The molecule has 0 aromatic heterocycles. The van der Waals surface area contributed by atoms with Crippen LogP contribution in [0.5, 0.6) is 11.5 Å². The fourth-order valence-electron chi connectivity index (χ4n) is 7.85. The normalized spacial score (nSPS) is 28.3. The summed E-state index contributed by atoms with van der Waals surface area (Å²) >= 11 is 0. The molecule has 214 valence electrons. The molecule has 1 fully saturated rings. The number of hydrogen-bond donors (Lipinski definition) is 2. The lowest BCUT2D eigenvalue weighted by atomic mass is 9.50.